The van der Waals surface area contributed by atoms with E-state index in [0.29, 0.717) is 23.5 Å². The average molecular weight is 479 g/mol. The number of rotatable bonds is 6. The van der Waals surface area contributed by atoms with Crippen LogP contribution in [0, 0.1) is 13.8 Å². The summed E-state index contributed by atoms with van der Waals surface area (Å²) in [6.45, 7) is 2.23. The Morgan fingerprint density at radius 1 is 1.00 bits per heavy atom. The number of nitrogens with one attached hydrogen (secondary N) is 1. The first-order valence-corrected chi connectivity index (χ1v) is 10.8. The van der Waals surface area contributed by atoms with Crippen LogP contribution in [0.4, 0.5) is 13.2 Å². The van der Waals surface area contributed by atoms with Gasteiger partial charge < -0.3 is 4.74 Å². The highest BCUT2D eigenvalue weighted by molar-refractivity contribution is 5.80. The molecule has 0 atom stereocenters. The van der Waals surface area contributed by atoms with E-state index in [4.69, 9.17) is 4.74 Å². The van der Waals surface area contributed by atoms with E-state index < -0.39 is 12.8 Å². The van der Waals surface area contributed by atoms with Crippen molar-refractivity contribution < 1.29 is 17.9 Å². The van der Waals surface area contributed by atoms with Crippen molar-refractivity contribution in [2.45, 2.75) is 26.4 Å². The average Bonchev–Trinajstić information content (AvgIpc) is 3.47. The van der Waals surface area contributed by atoms with E-state index in [1.165, 1.54) is 4.52 Å². The second-order valence-corrected chi connectivity index (χ2v) is 8.12. The van der Waals surface area contributed by atoms with E-state index in [0.717, 1.165) is 33.6 Å². The molecule has 0 saturated carbocycles. The summed E-state index contributed by atoms with van der Waals surface area (Å²) in [7, 11) is 0. The van der Waals surface area contributed by atoms with Crippen molar-refractivity contribution >= 4 is 5.65 Å². The fourth-order valence-electron chi connectivity index (χ4n) is 3.98. The predicted molar refractivity (Wildman–Crippen MR) is 122 cm³/mol. The third kappa shape index (κ3) is 4.70. The van der Waals surface area contributed by atoms with Crippen molar-refractivity contribution in [3.63, 3.8) is 0 Å². The lowest BCUT2D eigenvalue weighted by atomic mass is 9.97. The Balaban J connectivity index is 1.49. The van der Waals surface area contributed by atoms with E-state index in [9.17, 15) is 13.2 Å². The summed E-state index contributed by atoms with van der Waals surface area (Å²) in [4.78, 5) is 4.52. The van der Waals surface area contributed by atoms with Crippen molar-refractivity contribution in [3.05, 3.63) is 77.1 Å². The lowest BCUT2D eigenvalue weighted by Crippen LogP contribution is -2.19. The fourth-order valence-corrected chi connectivity index (χ4v) is 3.98. The first-order chi connectivity index (χ1) is 16.8. The van der Waals surface area contributed by atoms with Gasteiger partial charge in [0.1, 0.15) is 0 Å². The number of H-pyrrole nitrogens is 1. The summed E-state index contributed by atoms with van der Waals surface area (Å²) in [6, 6.07) is 17.2. The standard InChI is InChI=1S/C24H20F3N7O/c1-14-11-15(2)34-22(28-14)20(23(31-34)35-13-24(25,26)27)12-16-7-9-17(10-8-16)18-5-3-4-6-19(18)21-29-32-33-30-21/h3-11H,12-13H2,1-2H3,(H,29,30,32,33). The third-order valence-corrected chi connectivity index (χ3v) is 5.49. The molecule has 0 aliphatic heterocycles. The van der Waals surface area contributed by atoms with E-state index in [-0.39, 0.29) is 5.88 Å². The van der Waals surface area contributed by atoms with Gasteiger partial charge in [-0.15, -0.1) is 15.3 Å². The zero-order valence-corrected chi connectivity index (χ0v) is 18.8. The van der Waals surface area contributed by atoms with Crippen LogP contribution in [0.25, 0.3) is 28.2 Å². The zero-order chi connectivity index (χ0) is 24.6. The van der Waals surface area contributed by atoms with E-state index >= 15 is 0 Å². The van der Waals surface area contributed by atoms with Gasteiger partial charge in [-0.3, -0.25) is 0 Å². The fraction of sp³-hybridized carbons (Fsp3) is 0.208. The largest absolute Gasteiger partial charge is 0.467 e. The maximum Gasteiger partial charge on any atom is 0.422 e. The molecule has 5 rings (SSSR count). The lowest BCUT2D eigenvalue weighted by molar-refractivity contribution is -0.154. The Morgan fingerprint density at radius 3 is 2.43 bits per heavy atom. The molecule has 0 aliphatic rings. The minimum atomic E-state index is -4.47. The number of hydrogen-bond donors (Lipinski definition) is 1. The number of nitrogens with zero attached hydrogens (tertiary/aromatic N) is 6. The number of tetrazole rings is 1. The highest BCUT2D eigenvalue weighted by Crippen LogP contribution is 2.31. The molecule has 5 aromatic rings. The molecule has 1 N–H and O–H groups in total. The molecular weight excluding hydrogens is 459 g/mol. The summed E-state index contributed by atoms with van der Waals surface area (Å²) in [5, 5.41) is 18.5. The van der Waals surface area contributed by atoms with Gasteiger partial charge in [0, 0.05) is 23.4 Å². The molecule has 0 amide bonds. The molecule has 0 saturated heterocycles. The second kappa shape index (κ2) is 8.82. The van der Waals surface area contributed by atoms with Crippen molar-refractivity contribution in [3.8, 4) is 28.4 Å². The van der Waals surface area contributed by atoms with Gasteiger partial charge in [-0.25, -0.2) is 9.50 Å². The molecule has 11 heteroatoms. The van der Waals surface area contributed by atoms with E-state index in [1.54, 1.807) is 0 Å². The van der Waals surface area contributed by atoms with Crippen LogP contribution in [-0.2, 0) is 6.42 Å². The maximum absolute atomic E-state index is 12.8. The van der Waals surface area contributed by atoms with Gasteiger partial charge in [0.2, 0.25) is 11.7 Å². The molecule has 3 aromatic heterocycles. The maximum atomic E-state index is 12.8. The molecule has 35 heavy (non-hydrogen) atoms. The number of ether oxygens (including phenoxy) is 1. The Morgan fingerprint density at radius 2 is 1.74 bits per heavy atom. The van der Waals surface area contributed by atoms with Gasteiger partial charge in [-0.1, -0.05) is 48.5 Å². The Hall–Kier alpha value is -4.28. The second-order valence-electron chi connectivity index (χ2n) is 8.12. The molecular formula is C24H20F3N7O. The highest BCUT2D eigenvalue weighted by Gasteiger charge is 2.30. The first kappa shape index (κ1) is 22.5. The molecule has 0 radical (unpaired) electrons. The minimum Gasteiger partial charge on any atom is -0.467 e. The number of fused-ring (bicyclic) bond motifs is 1. The van der Waals surface area contributed by atoms with Gasteiger partial charge in [0.15, 0.2) is 12.3 Å². The van der Waals surface area contributed by atoms with Crippen molar-refractivity contribution in [2.24, 2.45) is 0 Å². The SMILES string of the molecule is Cc1cc(C)n2nc(OCC(F)(F)F)c(Cc3ccc(-c4ccccc4-c4nn[nH]n4)cc3)c2n1. The number of aryl methyl sites for hydroxylation is 2. The number of alkyl halides is 3. The van der Waals surface area contributed by atoms with Gasteiger partial charge in [0.25, 0.3) is 0 Å². The summed E-state index contributed by atoms with van der Waals surface area (Å²) in [5.74, 6) is 0.411. The van der Waals surface area contributed by atoms with Gasteiger partial charge in [0.05, 0.1) is 5.56 Å². The molecule has 178 valence electrons. The van der Waals surface area contributed by atoms with Gasteiger partial charge in [-0.2, -0.15) is 18.4 Å². The minimum absolute atomic E-state index is 0.0740. The number of aromatic nitrogens is 7. The number of benzene rings is 2. The summed E-state index contributed by atoms with van der Waals surface area (Å²) >= 11 is 0. The Labute approximate surface area is 197 Å². The topological polar surface area (TPSA) is 93.9 Å². The molecule has 8 nitrogen and oxygen atoms in total. The number of hydrogen-bond acceptors (Lipinski definition) is 6. The smallest absolute Gasteiger partial charge is 0.422 e. The molecule has 0 spiro atoms. The Bertz CT molecular complexity index is 1480. The van der Waals surface area contributed by atoms with Crippen LogP contribution in [0.3, 0.4) is 0 Å². The van der Waals surface area contributed by atoms with Crippen molar-refractivity contribution in [1.82, 2.24) is 35.2 Å². The van der Waals surface area contributed by atoms with Crippen LogP contribution in [-0.4, -0.2) is 48.0 Å². The molecule has 0 unspecified atom stereocenters. The molecule has 2 aromatic carbocycles. The monoisotopic (exact) mass is 479 g/mol. The van der Waals surface area contributed by atoms with Gasteiger partial charge >= 0.3 is 6.18 Å². The Kier molecular flexibility index (Phi) is 5.67. The molecule has 0 bridgehead atoms. The normalized spacial score (nSPS) is 11.8. The summed E-state index contributed by atoms with van der Waals surface area (Å²) in [6.07, 6.45) is -4.17. The lowest BCUT2D eigenvalue weighted by Gasteiger charge is -2.10. The predicted octanol–water partition coefficient (Wildman–Crippen LogP) is 4.73. The summed E-state index contributed by atoms with van der Waals surface area (Å²) < 4.78 is 45.1. The van der Waals surface area contributed by atoms with Crippen molar-refractivity contribution in [2.75, 3.05) is 6.61 Å². The number of aromatic amines is 1. The zero-order valence-electron chi connectivity index (χ0n) is 18.8. The first-order valence-electron chi connectivity index (χ1n) is 10.8. The van der Waals surface area contributed by atoms with Crippen LogP contribution < -0.4 is 4.74 Å². The van der Waals surface area contributed by atoms with Crippen LogP contribution >= 0.6 is 0 Å². The van der Waals surface area contributed by atoms with Crippen LogP contribution in [0.1, 0.15) is 22.5 Å². The van der Waals surface area contributed by atoms with Crippen LogP contribution in [0.2, 0.25) is 0 Å². The quantitative estimate of drug-likeness (QED) is 0.379. The van der Waals surface area contributed by atoms with E-state index in [2.05, 4.69) is 30.7 Å². The van der Waals surface area contributed by atoms with E-state index in [1.807, 2.05) is 68.4 Å². The highest BCUT2D eigenvalue weighted by atomic mass is 19.4. The van der Waals surface area contributed by atoms with Crippen LogP contribution in [0.5, 0.6) is 5.88 Å². The third-order valence-electron chi connectivity index (χ3n) is 5.49. The summed E-state index contributed by atoms with van der Waals surface area (Å²) in [5.41, 5.74) is 6.04. The molecule has 0 fully saturated rings. The number of halogens is 3. The van der Waals surface area contributed by atoms with Gasteiger partial charge in [-0.05, 0) is 41.8 Å². The molecule has 3 heterocycles. The van der Waals surface area contributed by atoms with Crippen LogP contribution in [0.15, 0.2) is 54.6 Å². The van der Waals surface area contributed by atoms with Crippen molar-refractivity contribution in [1.29, 1.82) is 0 Å². The molecule has 0 aliphatic carbocycles.